The minimum atomic E-state index is -0.392. The number of hydrogen-bond acceptors (Lipinski definition) is 6. The highest BCUT2D eigenvalue weighted by atomic mass is 35.5. The monoisotopic (exact) mass is 627 g/mol. The number of ether oxygens (including phenoxy) is 1. The van der Waals surface area contributed by atoms with Crippen molar-refractivity contribution in [1.29, 1.82) is 0 Å². The standard InChI is InChI=1S/C33H27ClFN5O3S/c1-43-27-12-10-26(11-13-27)40-33-30(31(38-40)22-2-6-24(34)7-3-22)32(23-4-8-25(35)9-5-23)44-20-29(42)39(33)19-28(41)37-18-21-14-16-36-17-15-21/h2-17,32H,18-20H2,1H3,(H,37,41). The van der Waals surface area contributed by atoms with E-state index in [0.717, 1.165) is 22.3 Å². The zero-order valence-electron chi connectivity index (χ0n) is 23.6. The van der Waals surface area contributed by atoms with Crippen LogP contribution in [0.1, 0.15) is 21.9 Å². The van der Waals surface area contributed by atoms with Crippen LogP contribution < -0.4 is 15.0 Å². The Morgan fingerprint density at radius 2 is 1.73 bits per heavy atom. The van der Waals surface area contributed by atoms with E-state index in [1.807, 2.05) is 48.5 Å². The first-order chi connectivity index (χ1) is 21.4. The van der Waals surface area contributed by atoms with Crippen LogP contribution in [0, 0.1) is 5.82 Å². The number of rotatable bonds is 8. The number of benzene rings is 3. The van der Waals surface area contributed by atoms with Crippen molar-refractivity contribution in [3.63, 3.8) is 0 Å². The number of halogens is 2. The molecule has 5 aromatic rings. The van der Waals surface area contributed by atoms with Gasteiger partial charge in [0.15, 0.2) is 0 Å². The van der Waals surface area contributed by atoms with Gasteiger partial charge in [-0.05, 0) is 71.8 Å². The summed E-state index contributed by atoms with van der Waals surface area (Å²) < 4.78 is 21.1. The summed E-state index contributed by atoms with van der Waals surface area (Å²) in [4.78, 5) is 32.7. The lowest BCUT2D eigenvalue weighted by molar-refractivity contribution is -0.123. The molecule has 0 bridgehead atoms. The zero-order valence-corrected chi connectivity index (χ0v) is 25.2. The fourth-order valence-corrected chi connectivity index (χ4v) is 6.37. The Kier molecular flexibility index (Phi) is 8.63. The van der Waals surface area contributed by atoms with Crippen molar-refractivity contribution in [3.05, 3.63) is 125 Å². The number of carbonyl (C=O) groups is 2. The summed E-state index contributed by atoms with van der Waals surface area (Å²) in [6.07, 6.45) is 3.31. The molecule has 0 fully saturated rings. The Morgan fingerprint density at radius 1 is 1.02 bits per heavy atom. The van der Waals surface area contributed by atoms with Crippen LogP contribution in [0.5, 0.6) is 5.75 Å². The lowest BCUT2D eigenvalue weighted by atomic mass is 9.99. The summed E-state index contributed by atoms with van der Waals surface area (Å²) in [5.41, 5.74) is 4.48. The van der Waals surface area contributed by atoms with E-state index < -0.39 is 5.25 Å². The molecule has 3 heterocycles. The molecule has 222 valence electrons. The van der Waals surface area contributed by atoms with Gasteiger partial charge in [0.25, 0.3) is 0 Å². The zero-order chi connectivity index (χ0) is 30.6. The van der Waals surface area contributed by atoms with Crippen molar-refractivity contribution in [2.24, 2.45) is 0 Å². The number of anilines is 1. The highest BCUT2D eigenvalue weighted by molar-refractivity contribution is 8.00. The third-order valence-corrected chi connectivity index (χ3v) is 8.74. The average Bonchev–Trinajstić information content (AvgIpc) is 3.37. The number of amides is 2. The van der Waals surface area contributed by atoms with Crippen LogP contribution >= 0.6 is 23.4 Å². The molecule has 8 nitrogen and oxygen atoms in total. The van der Waals surface area contributed by atoms with Gasteiger partial charge in [-0.15, -0.1) is 11.8 Å². The number of pyridine rings is 1. The van der Waals surface area contributed by atoms with E-state index in [1.54, 1.807) is 48.5 Å². The molecule has 11 heteroatoms. The summed E-state index contributed by atoms with van der Waals surface area (Å²) in [7, 11) is 1.59. The molecule has 1 unspecified atom stereocenters. The van der Waals surface area contributed by atoms with E-state index in [0.29, 0.717) is 28.0 Å². The number of nitrogens with zero attached hydrogens (tertiary/aromatic N) is 4. The number of hydrogen-bond donors (Lipinski definition) is 1. The lowest BCUT2D eigenvalue weighted by Crippen LogP contribution is -2.42. The normalized spacial score (nSPS) is 14.6. The van der Waals surface area contributed by atoms with Gasteiger partial charge in [0.1, 0.15) is 23.9 Å². The topological polar surface area (TPSA) is 89.3 Å². The van der Waals surface area contributed by atoms with Gasteiger partial charge in [-0.25, -0.2) is 9.07 Å². The van der Waals surface area contributed by atoms with Gasteiger partial charge in [-0.1, -0.05) is 35.9 Å². The SMILES string of the molecule is COc1ccc(-n2nc(-c3ccc(Cl)cc3)c3c2N(CC(=O)NCc2ccncc2)C(=O)CSC3c2ccc(F)cc2)cc1. The quantitative estimate of drug-likeness (QED) is 0.220. The number of methoxy groups -OCH3 is 1. The van der Waals surface area contributed by atoms with Crippen molar-refractivity contribution in [3.8, 4) is 22.7 Å². The molecule has 1 N–H and O–H groups in total. The second-order valence-electron chi connectivity index (χ2n) is 10.1. The summed E-state index contributed by atoms with van der Waals surface area (Å²) in [6, 6.07) is 24.5. The van der Waals surface area contributed by atoms with E-state index in [2.05, 4.69) is 10.3 Å². The third-order valence-electron chi connectivity index (χ3n) is 7.24. The number of fused-ring (bicyclic) bond motifs is 1. The van der Waals surface area contributed by atoms with E-state index in [4.69, 9.17) is 21.4 Å². The summed E-state index contributed by atoms with van der Waals surface area (Å²) >= 11 is 7.64. The first-order valence-electron chi connectivity index (χ1n) is 13.8. The Morgan fingerprint density at radius 3 is 2.41 bits per heavy atom. The molecule has 0 saturated carbocycles. The van der Waals surface area contributed by atoms with Crippen molar-refractivity contribution >= 4 is 41.0 Å². The van der Waals surface area contributed by atoms with Crippen LogP contribution in [0.15, 0.2) is 97.3 Å². The van der Waals surface area contributed by atoms with Gasteiger partial charge in [0.2, 0.25) is 11.8 Å². The fourth-order valence-electron chi connectivity index (χ4n) is 5.05. The molecule has 0 radical (unpaired) electrons. The minimum absolute atomic E-state index is 0.0943. The Balaban J connectivity index is 1.52. The summed E-state index contributed by atoms with van der Waals surface area (Å²) in [5, 5.41) is 8.15. The second kappa shape index (κ2) is 12.9. The summed E-state index contributed by atoms with van der Waals surface area (Å²) in [6.45, 7) is 0.0620. The molecule has 3 aromatic carbocycles. The van der Waals surface area contributed by atoms with E-state index >= 15 is 0 Å². The van der Waals surface area contributed by atoms with Crippen molar-refractivity contribution in [2.75, 3.05) is 24.3 Å². The molecule has 0 spiro atoms. The molecule has 0 aliphatic carbocycles. The summed E-state index contributed by atoms with van der Waals surface area (Å²) in [5.74, 6) is 0.274. The van der Waals surface area contributed by atoms with Crippen LogP contribution in [0.2, 0.25) is 5.02 Å². The molecular formula is C33H27ClFN5O3S. The van der Waals surface area contributed by atoms with Crippen molar-refractivity contribution in [1.82, 2.24) is 20.1 Å². The van der Waals surface area contributed by atoms with Crippen LogP contribution in [0.4, 0.5) is 10.2 Å². The van der Waals surface area contributed by atoms with Gasteiger partial charge in [0.05, 0.1) is 29.5 Å². The van der Waals surface area contributed by atoms with Gasteiger partial charge in [-0.2, -0.15) is 5.10 Å². The Hall–Kier alpha value is -4.67. The first-order valence-corrected chi connectivity index (χ1v) is 15.2. The van der Waals surface area contributed by atoms with Crippen LogP contribution in [0.25, 0.3) is 16.9 Å². The van der Waals surface area contributed by atoms with Gasteiger partial charge < -0.3 is 10.1 Å². The third kappa shape index (κ3) is 6.17. The van der Waals surface area contributed by atoms with E-state index in [1.165, 1.54) is 28.8 Å². The highest BCUT2D eigenvalue weighted by Gasteiger charge is 2.37. The molecule has 6 rings (SSSR count). The van der Waals surface area contributed by atoms with Crippen LogP contribution in [0.3, 0.4) is 0 Å². The van der Waals surface area contributed by atoms with Crippen molar-refractivity contribution in [2.45, 2.75) is 11.8 Å². The Labute approximate surface area is 262 Å². The largest absolute Gasteiger partial charge is 0.497 e. The molecule has 1 aliphatic rings. The highest BCUT2D eigenvalue weighted by Crippen LogP contribution is 2.48. The van der Waals surface area contributed by atoms with Gasteiger partial charge in [-0.3, -0.25) is 19.5 Å². The van der Waals surface area contributed by atoms with E-state index in [-0.39, 0.29) is 36.5 Å². The molecular weight excluding hydrogens is 601 g/mol. The molecule has 44 heavy (non-hydrogen) atoms. The second-order valence-corrected chi connectivity index (χ2v) is 11.6. The molecule has 1 aliphatic heterocycles. The van der Waals surface area contributed by atoms with Crippen LogP contribution in [-0.4, -0.2) is 46.0 Å². The maximum atomic E-state index is 14.0. The minimum Gasteiger partial charge on any atom is -0.497 e. The number of nitrogens with one attached hydrogen (secondary N) is 1. The number of carbonyl (C=O) groups excluding carboxylic acids is 2. The average molecular weight is 628 g/mol. The predicted molar refractivity (Wildman–Crippen MR) is 170 cm³/mol. The maximum Gasteiger partial charge on any atom is 0.240 e. The van der Waals surface area contributed by atoms with Gasteiger partial charge in [0, 0.05) is 35.1 Å². The first kappa shape index (κ1) is 29.4. The Bertz CT molecular complexity index is 1780. The smallest absolute Gasteiger partial charge is 0.240 e. The number of thioether (sulfide) groups is 1. The molecule has 1 atom stereocenters. The van der Waals surface area contributed by atoms with E-state index in [9.17, 15) is 14.0 Å². The lowest BCUT2D eigenvalue weighted by Gasteiger charge is -2.23. The number of aromatic nitrogens is 3. The molecule has 2 aromatic heterocycles. The molecule has 2 amide bonds. The van der Waals surface area contributed by atoms with Crippen LogP contribution in [-0.2, 0) is 16.1 Å². The van der Waals surface area contributed by atoms with Gasteiger partial charge >= 0.3 is 0 Å². The fraction of sp³-hybridized carbons (Fsp3) is 0.152. The molecule has 0 saturated heterocycles. The maximum absolute atomic E-state index is 14.0. The predicted octanol–water partition coefficient (Wildman–Crippen LogP) is 6.22. The van der Waals surface area contributed by atoms with Crippen molar-refractivity contribution < 1.29 is 18.7 Å².